The summed E-state index contributed by atoms with van der Waals surface area (Å²) in [6.07, 6.45) is 2.49. The Morgan fingerprint density at radius 1 is 1.62 bits per heavy atom. The van der Waals surface area contributed by atoms with Gasteiger partial charge in [-0.1, -0.05) is 0 Å². The van der Waals surface area contributed by atoms with Gasteiger partial charge in [-0.3, -0.25) is 0 Å². The lowest BCUT2D eigenvalue weighted by atomic mass is 10.1. The van der Waals surface area contributed by atoms with Gasteiger partial charge in [-0.25, -0.2) is 0 Å². The van der Waals surface area contributed by atoms with E-state index >= 15 is 0 Å². The summed E-state index contributed by atoms with van der Waals surface area (Å²) < 4.78 is 0. The van der Waals surface area contributed by atoms with Crippen LogP contribution in [0, 0.1) is 0 Å². The molecular weight excluding hydrogens is 100 g/mol. The Hall–Kier alpha value is -0.0800. The third-order valence-electron chi connectivity index (χ3n) is 1.66. The maximum Gasteiger partial charge on any atom is 0.0168 e. The smallest absolute Gasteiger partial charge is 0.0168 e. The van der Waals surface area contributed by atoms with E-state index in [2.05, 4.69) is 11.9 Å². The molecule has 48 valence electrons. The minimum absolute atomic E-state index is 0.439. The Balaban J connectivity index is 2.23. The van der Waals surface area contributed by atoms with Gasteiger partial charge in [-0.2, -0.15) is 0 Å². The monoisotopic (exact) mass is 114 g/mol. The third-order valence-corrected chi connectivity index (χ3v) is 1.66. The minimum Gasteiger partial charge on any atom is -0.327 e. The summed E-state index contributed by atoms with van der Waals surface area (Å²) in [5, 5.41) is 0. The first-order chi connectivity index (χ1) is 3.79. The van der Waals surface area contributed by atoms with Gasteiger partial charge in [0.1, 0.15) is 0 Å². The summed E-state index contributed by atoms with van der Waals surface area (Å²) in [6.45, 7) is 2.31. The van der Waals surface area contributed by atoms with Crippen LogP contribution in [0.15, 0.2) is 0 Å². The van der Waals surface area contributed by atoms with E-state index < -0.39 is 0 Å². The standard InChI is InChI=1S/C6H14N2/c1-8-4-2-3-6(7)5-8/h6H,2-5,7H2,1H3/t6-/m1/s1. The van der Waals surface area contributed by atoms with Gasteiger partial charge in [-0.05, 0) is 26.4 Å². The highest BCUT2D eigenvalue weighted by Crippen LogP contribution is 2.04. The van der Waals surface area contributed by atoms with Crippen molar-refractivity contribution in [1.82, 2.24) is 4.90 Å². The second kappa shape index (κ2) is 2.46. The normalized spacial score (nSPS) is 33.0. The molecule has 0 aliphatic carbocycles. The van der Waals surface area contributed by atoms with Crippen molar-refractivity contribution in [3.8, 4) is 0 Å². The topological polar surface area (TPSA) is 29.3 Å². The van der Waals surface area contributed by atoms with Crippen molar-refractivity contribution in [2.45, 2.75) is 18.9 Å². The fourth-order valence-electron chi connectivity index (χ4n) is 1.21. The van der Waals surface area contributed by atoms with Crippen molar-refractivity contribution < 1.29 is 0 Å². The van der Waals surface area contributed by atoms with Gasteiger partial charge in [0, 0.05) is 12.6 Å². The van der Waals surface area contributed by atoms with E-state index in [1.807, 2.05) is 0 Å². The van der Waals surface area contributed by atoms with Crippen LogP contribution in [-0.2, 0) is 0 Å². The van der Waals surface area contributed by atoms with E-state index in [9.17, 15) is 0 Å². The van der Waals surface area contributed by atoms with E-state index in [0.717, 1.165) is 6.54 Å². The molecule has 1 rings (SSSR count). The molecule has 0 unspecified atom stereocenters. The molecule has 0 aromatic carbocycles. The van der Waals surface area contributed by atoms with E-state index in [-0.39, 0.29) is 0 Å². The number of rotatable bonds is 0. The molecule has 2 nitrogen and oxygen atoms in total. The zero-order valence-corrected chi connectivity index (χ0v) is 5.43. The highest BCUT2D eigenvalue weighted by Gasteiger charge is 2.11. The largest absolute Gasteiger partial charge is 0.327 e. The predicted octanol–water partition coefficient (Wildman–Crippen LogP) is 0.0393. The Morgan fingerprint density at radius 2 is 2.38 bits per heavy atom. The number of likely N-dealkylation sites (N-methyl/N-ethyl adjacent to an activating group) is 1. The predicted molar refractivity (Wildman–Crippen MR) is 34.7 cm³/mol. The van der Waals surface area contributed by atoms with Gasteiger partial charge < -0.3 is 10.6 Å². The molecule has 1 heterocycles. The molecule has 0 bridgehead atoms. The summed E-state index contributed by atoms with van der Waals surface area (Å²) in [4.78, 5) is 2.29. The van der Waals surface area contributed by atoms with Gasteiger partial charge in [0.05, 0.1) is 0 Å². The average Bonchev–Trinajstić information content (AvgIpc) is 1.64. The molecule has 0 radical (unpaired) electrons. The van der Waals surface area contributed by atoms with E-state index in [4.69, 9.17) is 5.73 Å². The molecule has 1 atom stereocenters. The quantitative estimate of drug-likeness (QED) is 0.482. The van der Waals surface area contributed by atoms with Crippen LogP contribution in [0.5, 0.6) is 0 Å². The van der Waals surface area contributed by atoms with Crippen molar-refractivity contribution in [1.29, 1.82) is 0 Å². The maximum atomic E-state index is 5.68. The number of likely N-dealkylation sites (tertiary alicyclic amines) is 1. The highest BCUT2D eigenvalue weighted by atomic mass is 15.1. The average molecular weight is 114 g/mol. The van der Waals surface area contributed by atoms with Crippen LogP contribution in [0.1, 0.15) is 12.8 Å². The van der Waals surface area contributed by atoms with Gasteiger partial charge >= 0.3 is 0 Å². The molecule has 1 aliphatic heterocycles. The van der Waals surface area contributed by atoms with Crippen molar-refractivity contribution >= 4 is 0 Å². The highest BCUT2D eigenvalue weighted by molar-refractivity contribution is 4.71. The van der Waals surface area contributed by atoms with E-state index in [1.54, 1.807) is 0 Å². The molecule has 1 saturated heterocycles. The van der Waals surface area contributed by atoms with Gasteiger partial charge in [0.2, 0.25) is 0 Å². The number of piperidine rings is 1. The fourth-order valence-corrected chi connectivity index (χ4v) is 1.21. The van der Waals surface area contributed by atoms with Crippen LogP contribution in [0.25, 0.3) is 0 Å². The molecule has 8 heavy (non-hydrogen) atoms. The molecule has 0 aromatic rings. The molecule has 0 saturated carbocycles. The number of nitrogens with two attached hydrogens (primary N) is 1. The number of hydrogen-bond acceptors (Lipinski definition) is 2. The third kappa shape index (κ3) is 1.46. The zero-order chi connectivity index (χ0) is 5.98. The zero-order valence-electron chi connectivity index (χ0n) is 5.43. The van der Waals surface area contributed by atoms with Gasteiger partial charge in [-0.15, -0.1) is 0 Å². The first-order valence-electron chi connectivity index (χ1n) is 3.23. The molecule has 2 heteroatoms. The number of nitrogens with zero attached hydrogens (tertiary/aromatic N) is 1. The SMILES string of the molecule is CN1CCC[C@@H](N)C1. The van der Waals surface area contributed by atoms with Crippen molar-refractivity contribution in [3.63, 3.8) is 0 Å². The first-order valence-corrected chi connectivity index (χ1v) is 3.23. The van der Waals surface area contributed by atoms with Crippen LogP contribution >= 0.6 is 0 Å². The van der Waals surface area contributed by atoms with Crippen LogP contribution in [0.2, 0.25) is 0 Å². The summed E-state index contributed by atoms with van der Waals surface area (Å²) in [5.41, 5.74) is 5.68. The summed E-state index contributed by atoms with van der Waals surface area (Å²) in [6, 6.07) is 0.439. The lowest BCUT2D eigenvalue weighted by Gasteiger charge is -2.26. The van der Waals surface area contributed by atoms with Gasteiger partial charge in [0.15, 0.2) is 0 Å². The van der Waals surface area contributed by atoms with Crippen LogP contribution in [-0.4, -0.2) is 31.1 Å². The lowest BCUT2D eigenvalue weighted by molar-refractivity contribution is 0.252. The number of hydrogen-bond donors (Lipinski definition) is 1. The van der Waals surface area contributed by atoms with Crippen molar-refractivity contribution in [2.24, 2.45) is 5.73 Å². The Labute approximate surface area is 50.7 Å². The minimum atomic E-state index is 0.439. The summed E-state index contributed by atoms with van der Waals surface area (Å²) >= 11 is 0. The summed E-state index contributed by atoms with van der Waals surface area (Å²) in [7, 11) is 2.12. The molecule has 0 aromatic heterocycles. The van der Waals surface area contributed by atoms with Crippen LogP contribution in [0.4, 0.5) is 0 Å². The van der Waals surface area contributed by atoms with Crippen molar-refractivity contribution in [2.75, 3.05) is 20.1 Å². The summed E-state index contributed by atoms with van der Waals surface area (Å²) in [5.74, 6) is 0. The molecular formula is C6H14N2. The second-order valence-corrected chi connectivity index (χ2v) is 2.66. The molecule has 1 aliphatic rings. The molecule has 0 amide bonds. The maximum absolute atomic E-state index is 5.68. The second-order valence-electron chi connectivity index (χ2n) is 2.66. The van der Waals surface area contributed by atoms with Crippen LogP contribution in [0.3, 0.4) is 0 Å². The molecule has 2 N–H and O–H groups in total. The Bertz CT molecular complexity index is 64.9. The Kier molecular flexibility index (Phi) is 1.86. The van der Waals surface area contributed by atoms with E-state index in [1.165, 1.54) is 19.4 Å². The molecule has 0 spiro atoms. The Morgan fingerprint density at radius 3 is 2.75 bits per heavy atom. The first kappa shape index (κ1) is 6.05. The van der Waals surface area contributed by atoms with Crippen molar-refractivity contribution in [3.05, 3.63) is 0 Å². The van der Waals surface area contributed by atoms with Gasteiger partial charge in [0.25, 0.3) is 0 Å². The lowest BCUT2D eigenvalue weighted by Crippen LogP contribution is -2.40. The van der Waals surface area contributed by atoms with Crippen LogP contribution < -0.4 is 5.73 Å². The fraction of sp³-hybridized carbons (Fsp3) is 1.00. The molecule has 1 fully saturated rings. The van der Waals surface area contributed by atoms with E-state index in [0.29, 0.717) is 6.04 Å².